The minimum absolute atomic E-state index is 0.520. The van der Waals surface area contributed by atoms with Crippen molar-refractivity contribution < 1.29 is 0 Å². The molecule has 0 aromatic heterocycles. The van der Waals surface area contributed by atoms with Crippen molar-refractivity contribution in [1.29, 1.82) is 0 Å². The Kier molecular flexibility index (Phi) is 2.41. The van der Waals surface area contributed by atoms with Gasteiger partial charge in [0.05, 0.1) is 0 Å². The Balaban J connectivity index is 2.23. The van der Waals surface area contributed by atoms with Crippen LogP contribution < -0.4 is 21.9 Å². The van der Waals surface area contributed by atoms with E-state index in [1.807, 2.05) is 0 Å². The largest absolute Gasteiger partial charge is 0.241 e. The Labute approximate surface area is 55.3 Å². The van der Waals surface area contributed by atoms with Gasteiger partial charge in [0.1, 0.15) is 0 Å². The zero-order valence-corrected chi connectivity index (χ0v) is 5.86. The molecule has 4 heteroatoms. The molecule has 1 aliphatic heterocycles. The third-order valence-electron chi connectivity index (χ3n) is 1.54. The van der Waals surface area contributed by atoms with E-state index in [9.17, 15) is 0 Å². The van der Waals surface area contributed by atoms with Crippen molar-refractivity contribution in [2.24, 2.45) is 5.92 Å². The summed E-state index contributed by atoms with van der Waals surface area (Å²) in [6, 6.07) is 0.520. The lowest BCUT2D eigenvalue weighted by molar-refractivity contribution is 0.217. The Bertz CT molecular complexity index is 77.0. The maximum absolute atomic E-state index is 3.09. The highest BCUT2D eigenvalue weighted by atomic mass is 15.7. The molecule has 9 heavy (non-hydrogen) atoms. The molecule has 0 aromatic carbocycles. The summed E-state index contributed by atoms with van der Waals surface area (Å²) < 4.78 is 0. The molecular formula is C5H14N4. The zero-order valence-electron chi connectivity index (χ0n) is 5.86. The van der Waals surface area contributed by atoms with Crippen LogP contribution in [0.5, 0.6) is 0 Å². The first-order valence-corrected chi connectivity index (χ1v) is 3.29. The lowest BCUT2D eigenvalue weighted by Gasteiger charge is -2.28. The van der Waals surface area contributed by atoms with Crippen LogP contribution in [-0.4, -0.2) is 12.6 Å². The first kappa shape index (κ1) is 6.95. The predicted molar refractivity (Wildman–Crippen MR) is 36.0 cm³/mol. The van der Waals surface area contributed by atoms with Gasteiger partial charge >= 0.3 is 0 Å². The van der Waals surface area contributed by atoms with Gasteiger partial charge < -0.3 is 0 Å². The average Bonchev–Trinajstić information content (AvgIpc) is 1.90. The Morgan fingerprint density at radius 2 is 2.11 bits per heavy atom. The summed E-state index contributed by atoms with van der Waals surface area (Å²) >= 11 is 0. The van der Waals surface area contributed by atoms with Crippen LogP contribution in [0.4, 0.5) is 0 Å². The SMILES string of the molecule is CC(C)C1CNNNN1. The summed E-state index contributed by atoms with van der Waals surface area (Å²) in [5.41, 5.74) is 11.7. The van der Waals surface area contributed by atoms with E-state index in [1.165, 1.54) is 0 Å². The van der Waals surface area contributed by atoms with Crippen molar-refractivity contribution >= 4 is 0 Å². The summed E-state index contributed by atoms with van der Waals surface area (Å²) in [4.78, 5) is 0. The molecule has 1 saturated heterocycles. The van der Waals surface area contributed by atoms with Crippen molar-refractivity contribution in [1.82, 2.24) is 21.9 Å². The first-order valence-electron chi connectivity index (χ1n) is 3.29. The molecule has 1 fully saturated rings. The van der Waals surface area contributed by atoms with Crippen LogP contribution in [0.3, 0.4) is 0 Å². The van der Waals surface area contributed by atoms with Gasteiger partial charge in [-0.15, -0.1) is 0 Å². The molecule has 4 N–H and O–H groups in total. The van der Waals surface area contributed by atoms with Crippen LogP contribution in [-0.2, 0) is 0 Å². The molecule has 4 nitrogen and oxygen atoms in total. The molecule has 0 saturated carbocycles. The summed E-state index contributed by atoms with van der Waals surface area (Å²) in [5.74, 6) is 0.659. The number of hydrazine groups is 3. The number of rotatable bonds is 1. The van der Waals surface area contributed by atoms with E-state index in [1.54, 1.807) is 0 Å². The smallest absolute Gasteiger partial charge is 0.0388 e. The van der Waals surface area contributed by atoms with Gasteiger partial charge in [-0.3, -0.25) is 0 Å². The van der Waals surface area contributed by atoms with Crippen LogP contribution in [0.15, 0.2) is 0 Å². The molecule has 1 unspecified atom stereocenters. The fourth-order valence-corrected chi connectivity index (χ4v) is 0.787. The number of hydrogen-bond donors (Lipinski definition) is 4. The van der Waals surface area contributed by atoms with Crippen molar-refractivity contribution in [3.05, 3.63) is 0 Å². The van der Waals surface area contributed by atoms with Gasteiger partial charge in [0, 0.05) is 12.6 Å². The quantitative estimate of drug-likeness (QED) is 0.372. The fraction of sp³-hybridized carbons (Fsp3) is 1.00. The van der Waals surface area contributed by atoms with Crippen LogP contribution >= 0.6 is 0 Å². The third-order valence-corrected chi connectivity index (χ3v) is 1.54. The van der Waals surface area contributed by atoms with Crippen LogP contribution in [0.2, 0.25) is 0 Å². The highest BCUT2D eigenvalue weighted by Crippen LogP contribution is 1.98. The molecule has 1 heterocycles. The van der Waals surface area contributed by atoms with Gasteiger partial charge in [0.25, 0.3) is 0 Å². The predicted octanol–water partition coefficient (Wildman–Crippen LogP) is -0.872. The molecule has 0 bridgehead atoms. The molecule has 0 aliphatic carbocycles. The molecule has 54 valence electrons. The Morgan fingerprint density at radius 3 is 2.44 bits per heavy atom. The molecule has 0 amide bonds. The standard InChI is InChI=1S/C5H14N4/c1-4(2)5-3-6-8-9-7-5/h4-9H,3H2,1-2H3. The van der Waals surface area contributed by atoms with E-state index in [4.69, 9.17) is 0 Å². The number of nitrogens with one attached hydrogen (secondary N) is 4. The molecule has 0 spiro atoms. The minimum Gasteiger partial charge on any atom is -0.241 e. The van der Waals surface area contributed by atoms with Gasteiger partial charge in [-0.05, 0) is 5.92 Å². The van der Waals surface area contributed by atoms with E-state index in [2.05, 4.69) is 35.8 Å². The van der Waals surface area contributed by atoms with Crippen molar-refractivity contribution in [2.45, 2.75) is 19.9 Å². The lowest BCUT2D eigenvalue weighted by atomic mass is 10.1. The van der Waals surface area contributed by atoms with E-state index in [0.29, 0.717) is 12.0 Å². The monoisotopic (exact) mass is 130 g/mol. The van der Waals surface area contributed by atoms with E-state index in [0.717, 1.165) is 6.54 Å². The summed E-state index contributed by atoms with van der Waals surface area (Å²) in [5, 5.41) is 0. The second kappa shape index (κ2) is 3.12. The van der Waals surface area contributed by atoms with Gasteiger partial charge in [-0.1, -0.05) is 13.8 Å². The van der Waals surface area contributed by atoms with E-state index < -0.39 is 0 Å². The highest BCUT2D eigenvalue weighted by Gasteiger charge is 2.14. The number of hydrogen-bond acceptors (Lipinski definition) is 4. The maximum Gasteiger partial charge on any atom is 0.0388 e. The summed E-state index contributed by atoms with van der Waals surface area (Å²) in [7, 11) is 0. The van der Waals surface area contributed by atoms with Crippen LogP contribution in [0.25, 0.3) is 0 Å². The van der Waals surface area contributed by atoms with Gasteiger partial charge in [-0.25, -0.2) is 10.9 Å². The van der Waals surface area contributed by atoms with Crippen LogP contribution in [0, 0.1) is 5.92 Å². The second-order valence-corrected chi connectivity index (χ2v) is 2.63. The van der Waals surface area contributed by atoms with E-state index in [-0.39, 0.29) is 0 Å². The Morgan fingerprint density at radius 1 is 1.33 bits per heavy atom. The highest BCUT2D eigenvalue weighted by molar-refractivity contribution is 4.71. The maximum atomic E-state index is 3.09. The second-order valence-electron chi connectivity index (χ2n) is 2.63. The van der Waals surface area contributed by atoms with E-state index >= 15 is 0 Å². The van der Waals surface area contributed by atoms with Crippen molar-refractivity contribution in [3.63, 3.8) is 0 Å². The third kappa shape index (κ3) is 1.91. The molecule has 1 rings (SSSR count). The van der Waals surface area contributed by atoms with Crippen LogP contribution in [0.1, 0.15) is 13.8 Å². The van der Waals surface area contributed by atoms with Gasteiger partial charge in [0.15, 0.2) is 0 Å². The van der Waals surface area contributed by atoms with Gasteiger partial charge in [-0.2, -0.15) is 11.1 Å². The average molecular weight is 130 g/mol. The lowest BCUT2D eigenvalue weighted by Crippen LogP contribution is -2.64. The zero-order chi connectivity index (χ0) is 6.69. The summed E-state index contributed by atoms with van der Waals surface area (Å²) in [6.07, 6.45) is 0. The molecule has 0 aromatic rings. The Hall–Kier alpha value is -0.160. The fourth-order valence-electron chi connectivity index (χ4n) is 0.787. The minimum atomic E-state index is 0.520. The molecule has 1 aliphatic rings. The topological polar surface area (TPSA) is 48.1 Å². The molecule has 1 atom stereocenters. The summed E-state index contributed by atoms with van der Waals surface area (Å²) in [6.45, 7) is 5.34. The van der Waals surface area contributed by atoms with Gasteiger partial charge in [0.2, 0.25) is 0 Å². The molecule has 0 radical (unpaired) electrons. The van der Waals surface area contributed by atoms with Crippen molar-refractivity contribution in [3.8, 4) is 0 Å². The van der Waals surface area contributed by atoms with Crippen molar-refractivity contribution in [2.75, 3.05) is 6.54 Å². The first-order chi connectivity index (χ1) is 4.30. The normalized spacial score (nSPS) is 29.0. The molecular weight excluding hydrogens is 116 g/mol.